The molecule has 2 aromatic rings. The van der Waals surface area contributed by atoms with E-state index in [2.05, 4.69) is 27.0 Å². The van der Waals surface area contributed by atoms with Gasteiger partial charge in [-0.15, -0.1) is 16.8 Å². The van der Waals surface area contributed by atoms with E-state index in [4.69, 9.17) is 4.74 Å². The summed E-state index contributed by atoms with van der Waals surface area (Å²) in [5, 5.41) is 11.8. The molecule has 1 amide bonds. The minimum Gasteiger partial charge on any atom is -0.378 e. The third kappa shape index (κ3) is 4.64. The highest BCUT2D eigenvalue weighted by molar-refractivity contribution is 7.99. The number of morpholine rings is 1. The molecule has 7 nitrogen and oxygen atoms in total. The van der Waals surface area contributed by atoms with Gasteiger partial charge in [0.15, 0.2) is 5.16 Å². The van der Waals surface area contributed by atoms with Crippen LogP contribution < -0.4 is 10.2 Å². The lowest BCUT2D eigenvalue weighted by atomic mass is 10.2. The van der Waals surface area contributed by atoms with Crippen molar-refractivity contribution >= 4 is 29.0 Å². The monoisotopic (exact) mass is 373 g/mol. The quantitative estimate of drug-likeness (QED) is 0.593. The van der Waals surface area contributed by atoms with Crippen LogP contribution in [0.15, 0.2) is 42.1 Å². The molecule has 138 valence electrons. The number of aryl methyl sites for hydroxylation is 1. The van der Waals surface area contributed by atoms with Gasteiger partial charge in [0.2, 0.25) is 5.91 Å². The maximum Gasteiger partial charge on any atom is 0.234 e. The Hall–Kier alpha value is -2.32. The van der Waals surface area contributed by atoms with Gasteiger partial charge in [0.1, 0.15) is 5.82 Å². The summed E-state index contributed by atoms with van der Waals surface area (Å²) in [7, 11) is 0. The molecule has 2 heterocycles. The Morgan fingerprint density at radius 3 is 2.73 bits per heavy atom. The van der Waals surface area contributed by atoms with Crippen LogP contribution in [0.2, 0.25) is 0 Å². The molecular weight excluding hydrogens is 350 g/mol. The van der Waals surface area contributed by atoms with E-state index in [1.807, 2.05) is 35.8 Å². The zero-order chi connectivity index (χ0) is 18.4. The van der Waals surface area contributed by atoms with E-state index in [1.54, 1.807) is 6.08 Å². The van der Waals surface area contributed by atoms with Crippen molar-refractivity contribution in [1.29, 1.82) is 0 Å². The Balaban J connectivity index is 1.52. The Kier molecular flexibility index (Phi) is 6.30. The van der Waals surface area contributed by atoms with E-state index in [9.17, 15) is 4.79 Å². The van der Waals surface area contributed by atoms with E-state index in [-0.39, 0.29) is 11.7 Å². The first-order valence-corrected chi connectivity index (χ1v) is 9.52. The Labute approximate surface area is 157 Å². The molecule has 0 unspecified atom stereocenters. The van der Waals surface area contributed by atoms with E-state index >= 15 is 0 Å². The second-order valence-corrected chi connectivity index (χ2v) is 6.85. The molecule has 1 saturated heterocycles. The number of hydrogen-bond donors (Lipinski definition) is 1. The van der Waals surface area contributed by atoms with Crippen LogP contribution in [0.4, 0.5) is 11.4 Å². The van der Waals surface area contributed by atoms with Gasteiger partial charge in [-0.25, -0.2) is 0 Å². The van der Waals surface area contributed by atoms with E-state index in [0.29, 0.717) is 6.54 Å². The molecular formula is C18H23N5O2S. The summed E-state index contributed by atoms with van der Waals surface area (Å²) >= 11 is 1.37. The largest absolute Gasteiger partial charge is 0.378 e. The summed E-state index contributed by atoms with van der Waals surface area (Å²) < 4.78 is 7.30. The molecule has 1 aliphatic heterocycles. The van der Waals surface area contributed by atoms with E-state index in [0.717, 1.165) is 48.7 Å². The van der Waals surface area contributed by atoms with Crippen LogP contribution in [-0.2, 0) is 16.1 Å². The number of ether oxygens (including phenoxy) is 1. The Bertz CT molecular complexity index is 753. The van der Waals surface area contributed by atoms with Gasteiger partial charge in [0.25, 0.3) is 0 Å². The lowest BCUT2D eigenvalue weighted by Gasteiger charge is -2.28. The summed E-state index contributed by atoms with van der Waals surface area (Å²) in [5.41, 5.74) is 1.94. The van der Waals surface area contributed by atoms with Crippen LogP contribution in [0.1, 0.15) is 5.82 Å². The second-order valence-electron chi connectivity index (χ2n) is 5.91. The van der Waals surface area contributed by atoms with Gasteiger partial charge in [0, 0.05) is 31.0 Å². The van der Waals surface area contributed by atoms with E-state index < -0.39 is 0 Å². The molecule has 26 heavy (non-hydrogen) atoms. The van der Waals surface area contributed by atoms with Gasteiger partial charge >= 0.3 is 0 Å². The zero-order valence-electron chi connectivity index (χ0n) is 14.9. The molecule has 1 aromatic carbocycles. The standard InChI is InChI=1S/C18H23N5O2S/c1-3-8-23-14(2)20-21-18(23)26-13-17(24)19-15-4-6-16(7-5-15)22-9-11-25-12-10-22/h3-7H,1,8-13H2,2H3,(H,19,24). The second kappa shape index (κ2) is 8.86. The molecule has 3 rings (SSSR count). The number of aromatic nitrogens is 3. The van der Waals surface area contributed by atoms with Crippen molar-refractivity contribution in [1.82, 2.24) is 14.8 Å². The van der Waals surface area contributed by atoms with Gasteiger partial charge in [0.05, 0.1) is 19.0 Å². The average molecular weight is 373 g/mol. The summed E-state index contributed by atoms with van der Waals surface area (Å²) in [5.74, 6) is 1.02. The van der Waals surface area contributed by atoms with Crippen LogP contribution in [0.25, 0.3) is 0 Å². The first kappa shape index (κ1) is 18.5. The first-order chi connectivity index (χ1) is 12.7. The maximum absolute atomic E-state index is 12.2. The molecule has 0 saturated carbocycles. The SMILES string of the molecule is C=CCn1c(C)nnc1SCC(=O)Nc1ccc(N2CCOCC2)cc1. The van der Waals surface area contributed by atoms with Crippen molar-refractivity contribution < 1.29 is 9.53 Å². The van der Waals surface area contributed by atoms with Gasteiger partial charge in [-0.2, -0.15) is 0 Å². The molecule has 1 N–H and O–H groups in total. The number of hydrogen-bond acceptors (Lipinski definition) is 6. The molecule has 0 aliphatic carbocycles. The number of amides is 1. The molecule has 0 radical (unpaired) electrons. The number of rotatable bonds is 7. The van der Waals surface area contributed by atoms with Gasteiger partial charge in [-0.1, -0.05) is 17.8 Å². The van der Waals surface area contributed by atoms with Crippen LogP contribution >= 0.6 is 11.8 Å². The highest BCUT2D eigenvalue weighted by Gasteiger charge is 2.13. The Morgan fingerprint density at radius 2 is 2.04 bits per heavy atom. The predicted octanol–water partition coefficient (Wildman–Crippen LogP) is 2.34. The highest BCUT2D eigenvalue weighted by Crippen LogP contribution is 2.20. The summed E-state index contributed by atoms with van der Waals surface area (Å²) in [4.78, 5) is 14.5. The molecule has 1 aliphatic rings. The molecule has 1 aromatic heterocycles. The number of carbonyl (C=O) groups excluding carboxylic acids is 1. The number of anilines is 2. The smallest absolute Gasteiger partial charge is 0.234 e. The van der Waals surface area contributed by atoms with Crippen LogP contribution in [0.3, 0.4) is 0 Å². The fraction of sp³-hybridized carbons (Fsp3) is 0.389. The average Bonchev–Trinajstić information content (AvgIpc) is 3.02. The minimum atomic E-state index is -0.0695. The number of benzene rings is 1. The molecule has 0 bridgehead atoms. The van der Waals surface area contributed by atoms with Crippen LogP contribution in [0.5, 0.6) is 0 Å². The maximum atomic E-state index is 12.2. The minimum absolute atomic E-state index is 0.0695. The van der Waals surface area contributed by atoms with Crippen molar-refractivity contribution in [2.24, 2.45) is 0 Å². The molecule has 8 heteroatoms. The normalized spacial score (nSPS) is 14.3. The highest BCUT2D eigenvalue weighted by atomic mass is 32.2. The van der Waals surface area contributed by atoms with Gasteiger partial charge in [-0.3, -0.25) is 4.79 Å². The number of nitrogens with zero attached hydrogens (tertiary/aromatic N) is 4. The van der Waals surface area contributed by atoms with E-state index in [1.165, 1.54) is 11.8 Å². The molecule has 1 fully saturated rings. The van der Waals surface area contributed by atoms with Crippen molar-refractivity contribution in [2.75, 3.05) is 42.3 Å². The predicted molar refractivity (Wildman–Crippen MR) is 104 cm³/mol. The fourth-order valence-corrected chi connectivity index (χ4v) is 3.51. The third-order valence-corrected chi connectivity index (χ3v) is 5.04. The summed E-state index contributed by atoms with van der Waals surface area (Å²) in [6.07, 6.45) is 1.79. The molecule has 0 atom stereocenters. The van der Waals surface area contributed by atoms with Gasteiger partial charge in [-0.05, 0) is 31.2 Å². The summed E-state index contributed by atoms with van der Waals surface area (Å²) in [6, 6.07) is 7.91. The zero-order valence-corrected chi connectivity index (χ0v) is 15.7. The Morgan fingerprint density at radius 1 is 1.31 bits per heavy atom. The fourth-order valence-electron chi connectivity index (χ4n) is 2.71. The van der Waals surface area contributed by atoms with Crippen molar-refractivity contribution in [3.05, 3.63) is 42.7 Å². The lowest BCUT2D eigenvalue weighted by molar-refractivity contribution is -0.113. The number of allylic oxidation sites excluding steroid dienone is 1. The first-order valence-electron chi connectivity index (χ1n) is 8.53. The summed E-state index contributed by atoms with van der Waals surface area (Å²) in [6.45, 7) is 9.55. The number of nitrogens with one attached hydrogen (secondary N) is 1. The van der Waals surface area contributed by atoms with Crippen LogP contribution in [-0.4, -0.2) is 52.7 Å². The van der Waals surface area contributed by atoms with Crippen molar-refractivity contribution in [2.45, 2.75) is 18.6 Å². The van der Waals surface area contributed by atoms with Crippen molar-refractivity contribution in [3.63, 3.8) is 0 Å². The topological polar surface area (TPSA) is 72.3 Å². The third-order valence-electron chi connectivity index (χ3n) is 4.07. The molecule has 0 spiro atoms. The van der Waals surface area contributed by atoms with Gasteiger partial charge < -0.3 is 19.5 Å². The van der Waals surface area contributed by atoms with Crippen LogP contribution in [0, 0.1) is 6.92 Å². The number of thioether (sulfide) groups is 1. The number of carbonyl (C=O) groups is 1. The van der Waals surface area contributed by atoms with Crippen molar-refractivity contribution in [3.8, 4) is 0 Å². The lowest BCUT2D eigenvalue weighted by Crippen LogP contribution is -2.36.